The molecule has 10 aromatic heterocycles. The minimum atomic E-state index is -0.886. The topological polar surface area (TPSA) is 313 Å². The van der Waals surface area contributed by atoms with Crippen LogP contribution in [0.3, 0.4) is 0 Å². The third-order valence-electron chi connectivity index (χ3n) is 27.6. The van der Waals surface area contributed by atoms with Crippen LogP contribution >= 0.6 is 0 Å². The maximum atomic E-state index is 11.6. The average Bonchev–Trinajstić information content (AvgIpc) is 1.56. The summed E-state index contributed by atoms with van der Waals surface area (Å²) in [6.45, 7) is 39.0. The second-order valence-electron chi connectivity index (χ2n) is 37.8. The van der Waals surface area contributed by atoms with E-state index in [1.165, 1.54) is 123 Å². The van der Waals surface area contributed by atoms with Gasteiger partial charge in [-0.15, -0.1) is 0 Å². The molecule has 682 valence electrons. The van der Waals surface area contributed by atoms with Gasteiger partial charge in [-0.2, -0.15) is 0 Å². The molecule has 1 atom stereocenters. The number of aryl methyl sites for hydroxylation is 12. The highest BCUT2D eigenvalue weighted by Gasteiger charge is 2.39. The Kier molecular flexibility index (Phi) is 26.9. The molecule has 0 radical (unpaired) electrons. The number of nitrogens with zero attached hydrogens (tertiary/aromatic N) is 12. The van der Waals surface area contributed by atoms with Crippen molar-refractivity contribution in [3.63, 3.8) is 0 Å². The first-order chi connectivity index (χ1) is 62.1. The zero-order chi connectivity index (χ0) is 91.3. The number of aliphatic hydroxyl groups is 3. The van der Waals surface area contributed by atoms with E-state index in [1.54, 1.807) is 0 Å². The number of imidazole rings is 5. The molecule has 20 rings (SSSR count). The zero-order valence-corrected chi connectivity index (χ0v) is 80.1. The summed E-state index contributed by atoms with van der Waals surface area (Å²) in [6.07, 6.45) is 27.4. The van der Waals surface area contributed by atoms with Crippen LogP contribution in [0.25, 0.3) is 116 Å². The van der Waals surface area contributed by atoms with Gasteiger partial charge in [0.1, 0.15) is 57.9 Å². The molecule has 129 heavy (non-hydrogen) atoms. The van der Waals surface area contributed by atoms with Crippen molar-refractivity contribution in [3.05, 3.63) is 181 Å². The SMILES string of the molecule is CC/C=C(\CCC)c1cc(-c2c(C)noc2C)cc2[nH]c(C3CC3)nc12.CCC(O)(CC)c1cc(-c2c(C)noc2C)cc2c1nc(C1CC1)n2C.CCC(O)c1cc(-c2c(C)noc2C)cc2nc(C3CC3)n(C)c12.CCCC(CCC)c1cc(-c2c(C)noc2C)cc2[nH]c(C3CC3)nc12.CCCC(O)(CCC)c1cc(-c2c(C)noc2C)cc2[nH]c(C3CC3)nc12. The number of allylic oxidation sites excluding steroid dienone is 2. The molecular weight excluding hydrogens is 1610 g/mol. The van der Waals surface area contributed by atoms with E-state index in [4.69, 9.17) is 47.5 Å². The van der Waals surface area contributed by atoms with E-state index in [1.807, 2.05) is 90.0 Å². The minimum absolute atomic E-state index is 0.504. The van der Waals surface area contributed by atoms with E-state index in [-0.39, 0.29) is 0 Å². The van der Waals surface area contributed by atoms with Crippen LogP contribution in [-0.4, -0.2) is 90.1 Å². The van der Waals surface area contributed by atoms with Gasteiger partial charge in [0.15, 0.2) is 0 Å². The first kappa shape index (κ1) is 91.4. The Morgan fingerprint density at radius 1 is 0.419 bits per heavy atom. The van der Waals surface area contributed by atoms with Crippen molar-refractivity contribution in [2.45, 2.75) is 338 Å². The van der Waals surface area contributed by atoms with Gasteiger partial charge < -0.3 is 62.0 Å². The smallest absolute Gasteiger partial charge is 0.141 e. The van der Waals surface area contributed by atoms with Crippen LogP contribution < -0.4 is 0 Å². The van der Waals surface area contributed by atoms with Crippen LogP contribution in [0.4, 0.5) is 0 Å². The fourth-order valence-electron chi connectivity index (χ4n) is 20.0. The van der Waals surface area contributed by atoms with E-state index in [0.717, 1.165) is 242 Å². The lowest BCUT2D eigenvalue weighted by atomic mass is 9.83. The maximum Gasteiger partial charge on any atom is 0.141 e. The van der Waals surface area contributed by atoms with Gasteiger partial charge in [0, 0.05) is 93.8 Å². The van der Waals surface area contributed by atoms with Crippen LogP contribution in [-0.2, 0) is 25.3 Å². The number of H-pyrrole nitrogens is 3. The summed E-state index contributed by atoms with van der Waals surface area (Å²) >= 11 is 0. The highest BCUT2D eigenvalue weighted by molar-refractivity contribution is 5.95. The molecular formula is C106H135N15O8. The quantitative estimate of drug-likeness (QED) is 0.0254. The molecule has 15 aromatic rings. The summed E-state index contributed by atoms with van der Waals surface area (Å²) in [6, 6.07) is 21.7. The highest BCUT2D eigenvalue weighted by Crippen LogP contribution is 2.50. The molecule has 1 unspecified atom stereocenters. The number of fused-ring (bicyclic) bond motifs is 5. The van der Waals surface area contributed by atoms with Crippen molar-refractivity contribution in [2.75, 3.05) is 0 Å². The standard InChI is InChI=1S/C22H29N3O2.C22H29N3O.C22H27N3O.C21H27N3O2.C19H23N3O2/c1-5-9-22(26,10-6-2)17-11-16(19-13(3)25-27-14(19)4)12-18-20(17)24-21(23-18)15-7-8-15;2*1-5-7-15(8-6-2)18-11-17(20-13(3)25-26-14(20)4)12-19-21(18)24-22(23-19)16-9-10-16;1-6-21(25,7-2)16-10-15(18-12(3)23-26-13(18)4)11-17-19(16)22-20(24(17)5)14-8-9-14;1-5-16(23)14-8-13(17-10(2)21-24-11(17)3)9-15-18(14)22(4)19(20-15)12-6-7-12/h11-12,15,26H,5-10H2,1-4H3,(H,23,24);11-12,15-16H,5-10H2,1-4H3,(H,23,24);7,11-12,16H,5-6,8-10H2,1-4H3,(H,23,24);10-11,14,25H,6-9H2,1-5H3;8-9,12,16,23H,5-7H2,1-4H3/b;;15-7+;;. The monoisotopic (exact) mass is 1750 g/mol. The summed E-state index contributed by atoms with van der Waals surface area (Å²) < 4.78 is 31.3. The molecule has 0 saturated heterocycles. The first-order valence-corrected chi connectivity index (χ1v) is 48.2. The summed E-state index contributed by atoms with van der Waals surface area (Å²) in [5, 5.41) is 54.1. The predicted molar refractivity (Wildman–Crippen MR) is 514 cm³/mol. The molecule has 23 nitrogen and oxygen atoms in total. The lowest BCUT2D eigenvalue weighted by Gasteiger charge is -2.29. The molecule has 0 bridgehead atoms. The van der Waals surface area contributed by atoms with Gasteiger partial charge >= 0.3 is 0 Å². The molecule has 5 saturated carbocycles. The van der Waals surface area contributed by atoms with Gasteiger partial charge in [-0.05, 0) is 297 Å². The first-order valence-electron chi connectivity index (χ1n) is 48.2. The van der Waals surface area contributed by atoms with Gasteiger partial charge in [-0.3, -0.25) is 0 Å². The van der Waals surface area contributed by atoms with Gasteiger partial charge in [-0.1, -0.05) is 126 Å². The van der Waals surface area contributed by atoms with Crippen LogP contribution in [0.2, 0.25) is 0 Å². The van der Waals surface area contributed by atoms with E-state index in [2.05, 4.69) is 172 Å². The number of aromatic amines is 3. The Morgan fingerprint density at radius 3 is 1.21 bits per heavy atom. The molecule has 0 aliphatic heterocycles. The third kappa shape index (κ3) is 18.6. The van der Waals surface area contributed by atoms with Gasteiger partial charge in [0.2, 0.25) is 0 Å². The van der Waals surface area contributed by atoms with E-state index in [9.17, 15) is 15.3 Å². The number of aromatic nitrogens is 15. The number of benzene rings is 5. The Bertz CT molecular complexity index is 6460. The molecule has 10 heterocycles. The second-order valence-corrected chi connectivity index (χ2v) is 37.8. The lowest BCUT2D eigenvalue weighted by molar-refractivity contribution is 0.0183. The number of rotatable bonds is 29. The molecule has 5 fully saturated rings. The Morgan fingerprint density at radius 2 is 0.806 bits per heavy atom. The fraction of sp³-hybridized carbons (Fsp3) is 0.509. The van der Waals surface area contributed by atoms with Crippen molar-refractivity contribution in [1.82, 2.24) is 74.8 Å². The Labute approximate surface area is 758 Å². The lowest BCUT2D eigenvalue weighted by Crippen LogP contribution is -2.26. The zero-order valence-electron chi connectivity index (χ0n) is 80.1. The van der Waals surface area contributed by atoms with Crippen molar-refractivity contribution in [2.24, 2.45) is 14.1 Å². The molecule has 0 amide bonds. The molecule has 5 aromatic carbocycles. The van der Waals surface area contributed by atoms with Crippen molar-refractivity contribution in [3.8, 4) is 55.6 Å². The third-order valence-corrected chi connectivity index (χ3v) is 27.6. The number of hydrogen-bond acceptors (Lipinski definition) is 18. The number of nitrogens with one attached hydrogen (secondary N) is 3. The molecule has 23 heteroatoms. The van der Waals surface area contributed by atoms with Gasteiger partial charge in [0.25, 0.3) is 0 Å². The van der Waals surface area contributed by atoms with Crippen LogP contribution in [0.15, 0.2) is 89.4 Å². The van der Waals surface area contributed by atoms with Crippen LogP contribution in [0.1, 0.15) is 372 Å². The molecule has 0 spiro atoms. The van der Waals surface area contributed by atoms with Gasteiger partial charge in [0.05, 0.1) is 101 Å². The van der Waals surface area contributed by atoms with E-state index in [0.29, 0.717) is 54.8 Å². The average molecular weight is 1750 g/mol. The van der Waals surface area contributed by atoms with Crippen molar-refractivity contribution < 1.29 is 37.9 Å². The van der Waals surface area contributed by atoms with Crippen molar-refractivity contribution in [1.29, 1.82) is 0 Å². The largest absolute Gasteiger partial charge is 0.388 e. The second kappa shape index (κ2) is 37.9. The fourth-order valence-corrected chi connectivity index (χ4v) is 20.0. The normalized spacial score (nSPS) is 15.2. The Hall–Kier alpha value is -10.9. The van der Waals surface area contributed by atoms with E-state index < -0.39 is 17.3 Å². The highest BCUT2D eigenvalue weighted by atomic mass is 16.5. The molecule has 6 N–H and O–H groups in total. The van der Waals surface area contributed by atoms with Gasteiger partial charge in [-0.25, -0.2) is 24.9 Å². The molecule has 5 aliphatic rings. The number of aliphatic hydroxyl groups excluding tert-OH is 1. The van der Waals surface area contributed by atoms with Crippen LogP contribution in [0.5, 0.6) is 0 Å². The van der Waals surface area contributed by atoms with Crippen molar-refractivity contribution >= 4 is 60.7 Å². The molecule has 5 aliphatic carbocycles. The maximum absolute atomic E-state index is 11.6. The predicted octanol–water partition coefficient (Wildman–Crippen LogP) is 27.1. The summed E-state index contributed by atoms with van der Waals surface area (Å²) in [7, 11) is 4.14. The Balaban J connectivity index is 0.000000118. The summed E-state index contributed by atoms with van der Waals surface area (Å²) in [5.74, 6) is 13.2. The summed E-state index contributed by atoms with van der Waals surface area (Å²) in [5.41, 5.74) is 30.7. The van der Waals surface area contributed by atoms with Crippen LogP contribution in [0, 0.1) is 69.2 Å². The minimum Gasteiger partial charge on any atom is -0.388 e. The summed E-state index contributed by atoms with van der Waals surface area (Å²) in [4.78, 5) is 35.5. The number of hydrogen-bond donors (Lipinski definition) is 6. The van der Waals surface area contributed by atoms with E-state index >= 15 is 0 Å².